The Bertz CT molecular complexity index is 1120. The van der Waals surface area contributed by atoms with Crippen molar-refractivity contribution in [3.8, 4) is 11.5 Å². The number of rotatable bonds is 9. The van der Waals surface area contributed by atoms with Gasteiger partial charge in [0, 0.05) is 31.0 Å². The number of amides is 1. The van der Waals surface area contributed by atoms with Gasteiger partial charge in [0.15, 0.2) is 0 Å². The van der Waals surface area contributed by atoms with Gasteiger partial charge < -0.3 is 35.8 Å². The summed E-state index contributed by atoms with van der Waals surface area (Å²) in [5.41, 5.74) is 4.54. The number of carbonyl (C=O) groups excluding carboxylic acids is 1. The minimum absolute atomic E-state index is 0. The fourth-order valence-electron chi connectivity index (χ4n) is 4.57. The van der Waals surface area contributed by atoms with Crippen LogP contribution in [0.4, 0.5) is 0 Å². The van der Waals surface area contributed by atoms with Crippen LogP contribution < -0.4 is 26.5 Å². The number of fused-ring (bicyclic) bond motifs is 1. The number of benzene rings is 3. The molecule has 0 radical (unpaired) electrons. The molecular formula is C28H37BrN2O3. The molecule has 3 rings (SSSR count). The highest BCUT2D eigenvalue weighted by molar-refractivity contribution is 6.02. The van der Waals surface area contributed by atoms with Crippen molar-refractivity contribution < 1.29 is 35.7 Å². The van der Waals surface area contributed by atoms with Gasteiger partial charge in [-0.3, -0.25) is 4.79 Å². The Labute approximate surface area is 214 Å². The van der Waals surface area contributed by atoms with E-state index in [1.54, 1.807) is 19.1 Å². The SMILES string of the molecule is COc1cc2c(OC)cccc2cc1C(=O)N(C)CCC[N+](C)(C)Cc1cc(C)cc(C)c1.[Br-]. The molecule has 0 atom stereocenters. The highest BCUT2D eigenvalue weighted by Crippen LogP contribution is 2.32. The molecule has 0 saturated carbocycles. The smallest absolute Gasteiger partial charge is 0.257 e. The average molecular weight is 530 g/mol. The molecule has 1 amide bonds. The van der Waals surface area contributed by atoms with Gasteiger partial charge in [0.25, 0.3) is 5.91 Å². The quantitative estimate of drug-likeness (QED) is 0.399. The predicted octanol–water partition coefficient (Wildman–Crippen LogP) is 2.22. The number of carbonyl (C=O) groups is 1. The molecule has 0 saturated heterocycles. The summed E-state index contributed by atoms with van der Waals surface area (Å²) in [6.45, 7) is 6.94. The molecule has 0 fully saturated rings. The second-order valence-corrected chi connectivity index (χ2v) is 9.63. The predicted molar refractivity (Wildman–Crippen MR) is 135 cm³/mol. The molecule has 0 aliphatic heterocycles. The second kappa shape index (κ2) is 11.7. The van der Waals surface area contributed by atoms with Gasteiger partial charge in [0.1, 0.15) is 18.0 Å². The van der Waals surface area contributed by atoms with Crippen molar-refractivity contribution >= 4 is 16.7 Å². The van der Waals surface area contributed by atoms with Crippen LogP contribution in [0.5, 0.6) is 11.5 Å². The van der Waals surface area contributed by atoms with Crippen molar-refractivity contribution in [2.24, 2.45) is 0 Å². The van der Waals surface area contributed by atoms with Crippen molar-refractivity contribution in [3.63, 3.8) is 0 Å². The summed E-state index contributed by atoms with van der Waals surface area (Å²) in [5.74, 6) is 1.30. The molecule has 0 aromatic heterocycles. The number of hydrogen-bond acceptors (Lipinski definition) is 3. The van der Waals surface area contributed by atoms with Gasteiger partial charge in [0.05, 0.1) is 40.4 Å². The zero-order valence-electron chi connectivity index (χ0n) is 21.4. The maximum absolute atomic E-state index is 13.3. The van der Waals surface area contributed by atoms with Crippen molar-refractivity contribution in [1.82, 2.24) is 4.90 Å². The minimum atomic E-state index is -0.0313. The van der Waals surface area contributed by atoms with Gasteiger partial charge in [-0.1, -0.05) is 41.5 Å². The van der Waals surface area contributed by atoms with E-state index in [-0.39, 0.29) is 22.9 Å². The first-order valence-corrected chi connectivity index (χ1v) is 11.4. The molecule has 184 valence electrons. The number of aryl methyl sites for hydroxylation is 2. The number of ether oxygens (including phenoxy) is 2. The molecule has 3 aromatic rings. The lowest BCUT2D eigenvalue weighted by Gasteiger charge is -2.31. The van der Waals surface area contributed by atoms with Crippen molar-refractivity contribution in [1.29, 1.82) is 0 Å². The highest BCUT2D eigenvalue weighted by Gasteiger charge is 2.21. The number of nitrogens with zero attached hydrogens (tertiary/aromatic N) is 2. The average Bonchev–Trinajstić information content (AvgIpc) is 2.75. The van der Waals surface area contributed by atoms with Gasteiger partial charge in [-0.2, -0.15) is 0 Å². The Hall–Kier alpha value is -2.57. The van der Waals surface area contributed by atoms with Crippen molar-refractivity contribution in [2.45, 2.75) is 26.8 Å². The lowest BCUT2D eigenvalue weighted by atomic mass is 10.0. The fraction of sp³-hybridized carbons (Fsp3) is 0.393. The molecule has 0 aliphatic rings. The molecule has 0 bridgehead atoms. The molecule has 0 aliphatic carbocycles. The van der Waals surface area contributed by atoms with E-state index in [4.69, 9.17) is 9.47 Å². The summed E-state index contributed by atoms with van der Waals surface area (Å²) < 4.78 is 11.9. The number of methoxy groups -OCH3 is 2. The molecule has 0 N–H and O–H groups in total. The standard InChI is InChI=1S/C28H37N2O3.BrH/c1-20-14-21(2)16-22(15-20)19-30(4,5)13-9-12-29(3)28(31)25-17-23-10-8-11-26(32-6)24(23)18-27(25)33-7;/h8,10-11,14-18H,9,12-13,19H2,1-7H3;1H/q+1;/p-1. The lowest BCUT2D eigenvalue weighted by molar-refractivity contribution is -0.903. The summed E-state index contributed by atoms with van der Waals surface area (Å²) in [6.07, 6.45) is 0.920. The second-order valence-electron chi connectivity index (χ2n) is 9.63. The maximum atomic E-state index is 13.3. The number of halogens is 1. The maximum Gasteiger partial charge on any atom is 0.257 e. The molecule has 0 heterocycles. The van der Waals surface area contributed by atoms with E-state index in [2.05, 4.69) is 46.1 Å². The largest absolute Gasteiger partial charge is 1.00 e. The van der Waals surface area contributed by atoms with Crippen LogP contribution in [0.1, 0.15) is 33.5 Å². The normalized spacial score (nSPS) is 11.1. The van der Waals surface area contributed by atoms with E-state index in [1.165, 1.54) is 16.7 Å². The Morgan fingerprint density at radius 2 is 1.59 bits per heavy atom. The first kappa shape index (κ1) is 27.7. The highest BCUT2D eigenvalue weighted by atomic mass is 79.9. The van der Waals surface area contributed by atoms with Crippen LogP contribution in [0.15, 0.2) is 48.5 Å². The molecule has 34 heavy (non-hydrogen) atoms. The lowest BCUT2D eigenvalue weighted by Crippen LogP contribution is -3.00. The van der Waals surface area contributed by atoms with Crippen LogP contribution in [-0.4, -0.2) is 63.7 Å². The summed E-state index contributed by atoms with van der Waals surface area (Å²) in [5, 5.41) is 1.89. The van der Waals surface area contributed by atoms with Crippen molar-refractivity contribution in [3.05, 3.63) is 70.8 Å². The van der Waals surface area contributed by atoms with Gasteiger partial charge in [0.2, 0.25) is 0 Å². The monoisotopic (exact) mass is 528 g/mol. The summed E-state index contributed by atoms with van der Waals surface area (Å²) in [4.78, 5) is 15.0. The van der Waals surface area contributed by atoms with Crippen LogP contribution >= 0.6 is 0 Å². The fourth-order valence-corrected chi connectivity index (χ4v) is 4.57. The third-order valence-corrected chi connectivity index (χ3v) is 6.11. The van der Waals surface area contributed by atoms with E-state index in [9.17, 15) is 4.79 Å². The Balaban J connectivity index is 0.00000408. The molecule has 3 aromatic carbocycles. The van der Waals surface area contributed by atoms with E-state index >= 15 is 0 Å². The van der Waals surface area contributed by atoms with E-state index < -0.39 is 0 Å². The van der Waals surface area contributed by atoms with Gasteiger partial charge in [-0.25, -0.2) is 0 Å². The Morgan fingerprint density at radius 1 is 0.941 bits per heavy atom. The molecular weight excluding hydrogens is 492 g/mol. The van der Waals surface area contributed by atoms with E-state index in [1.807, 2.05) is 37.4 Å². The Kier molecular flexibility index (Phi) is 9.54. The third kappa shape index (κ3) is 6.73. The summed E-state index contributed by atoms with van der Waals surface area (Å²) >= 11 is 0. The van der Waals surface area contributed by atoms with Gasteiger partial charge in [-0.05, 0) is 37.4 Å². The topological polar surface area (TPSA) is 38.8 Å². The first-order chi connectivity index (χ1) is 15.6. The molecule has 0 spiro atoms. The van der Waals surface area contributed by atoms with Gasteiger partial charge >= 0.3 is 0 Å². The van der Waals surface area contributed by atoms with E-state index in [0.29, 0.717) is 17.9 Å². The molecule has 0 unspecified atom stereocenters. The van der Waals surface area contributed by atoms with Crippen LogP contribution in [-0.2, 0) is 6.54 Å². The first-order valence-electron chi connectivity index (χ1n) is 11.4. The van der Waals surface area contributed by atoms with Crippen molar-refractivity contribution in [2.75, 3.05) is 48.5 Å². The minimum Gasteiger partial charge on any atom is -1.00 e. The third-order valence-electron chi connectivity index (χ3n) is 6.11. The number of hydrogen-bond donors (Lipinski definition) is 0. The zero-order valence-corrected chi connectivity index (χ0v) is 23.0. The van der Waals surface area contributed by atoms with Gasteiger partial charge in [-0.15, -0.1) is 0 Å². The molecule has 6 heteroatoms. The summed E-state index contributed by atoms with van der Waals surface area (Å²) in [7, 11) is 9.61. The molecule has 5 nitrogen and oxygen atoms in total. The van der Waals surface area contributed by atoms with Crippen LogP contribution in [0.25, 0.3) is 10.8 Å². The summed E-state index contributed by atoms with van der Waals surface area (Å²) in [6, 6.07) is 16.4. The zero-order chi connectivity index (χ0) is 24.2. The number of quaternary nitrogens is 1. The van der Waals surface area contributed by atoms with Crippen LogP contribution in [0.3, 0.4) is 0 Å². The van der Waals surface area contributed by atoms with Crippen LogP contribution in [0, 0.1) is 13.8 Å². The Morgan fingerprint density at radius 3 is 2.21 bits per heavy atom. The van der Waals surface area contributed by atoms with Crippen LogP contribution in [0.2, 0.25) is 0 Å². The van der Waals surface area contributed by atoms with E-state index in [0.717, 1.165) is 40.5 Å².